The van der Waals surface area contributed by atoms with Gasteiger partial charge in [-0.1, -0.05) is 11.6 Å². The third kappa shape index (κ3) is 6.33. The molecular formula is C13H17ClF3N3O. The van der Waals surface area contributed by atoms with Gasteiger partial charge in [0.1, 0.15) is 0 Å². The molecule has 1 aromatic rings. The van der Waals surface area contributed by atoms with Crippen LogP contribution >= 0.6 is 11.6 Å². The van der Waals surface area contributed by atoms with Crippen molar-refractivity contribution in [2.45, 2.75) is 6.18 Å². The fraction of sp³-hybridized carbons (Fsp3) is 0.462. The Hall–Kier alpha value is -1.31. The number of alkyl halides is 3. The van der Waals surface area contributed by atoms with Gasteiger partial charge in [-0.05, 0) is 32.3 Å². The molecule has 2 N–H and O–H groups in total. The smallest absolute Gasteiger partial charge is 0.324 e. The van der Waals surface area contributed by atoms with Crippen LogP contribution in [0.5, 0.6) is 0 Å². The summed E-state index contributed by atoms with van der Waals surface area (Å²) in [5.41, 5.74) is -1.26. The molecule has 0 aliphatic rings. The fourth-order valence-electron chi connectivity index (χ4n) is 1.56. The van der Waals surface area contributed by atoms with Crippen LogP contribution in [0, 0.1) is 0 Å². The first-order valence-electron chi connectivity index (χ1n) is 6.22. The molecule has 8 heteroatoms. The first-order valence-corrected chi connectivity index (χ1v) is 6.60. The quantitative estimate of drug-likeness (QED) is 0.790. The van der Waals surface area contributed by atoms with Gasteiger partial charge in [0.15, 0.2) is 0 Å². The van der Waals surface area contributed by atoms with Gasteiger partial charge in [0.25, 0.3) is 0 Å². The lowest BCUT2D eigenvalue weighted by Gasteiger charge is -2.15. The molecule has 0 fully saturated rings. The maximum Gasteiger partial charge on any atom is 0.418 e. The summed E-state index contributed by atoms with van der Waals surface area (Å²) in [6.45, 7) is 1.23. The maximum absolute atomic E-state index is 12.8. The van der Waals surface area contributed by atoms with Gasteiger partial charge < -0.3 is 15.5 Å². The van der Waals surface area contributed by atoms with E-state index in [9.17, 15) is 18.0 Å². The fourth-order valence-corrected chi connectivity index (χ4v) is 1.73. The van der Waals surface area contributed by atoms with Crippen molar-refractivity contribution in [2.75, 3.05) is 39.0 Å². The summed E-state index contributed by atoms with van der Waals surface area (Å²) in [5.74, 6) is -0.540. The highest BCUT2D eigenvalue weighted by molar-refractivity contribution is 6.30. The van der Waals surface area contributed by atoms with Crippen LogP contribution in [0.3, 0.4) is 0 Å². The first-order chi connectivity index (χ1) is 9.70. The molecular weight excluding hydrogens is 307 g/mol. The molecule has 4 nitrogen and oxygen atoms in total. The summed E-state index contributed by atoms with van der Waals surface area (Å²) >= 11 is 5.56. The first kappa shape index (κ1) is 17.7. The minimum absolute atomic E-state index is 0.0376. The van der Waals surface area contributed by atoms with Crippen molar-refractivity contribution in [3.05, 3.63) is 28.8 Å². The van der Waals surface area contributed by atoms with Crippen LogP contribution in [0.4, 0.5) is 18.9 Å². The average Bonchev–Trinajstić information content (AvgIpc) is 2.35. The second-order valence-corrected chi connectivity index (χ2v) is 5.15. The number of likely N-dealkylation sites (N-methyl/N-ethyl adjacent to an activating group) is 1. The Kier molecular flexibility index (Phi) is 6.44. The van der Waals surface area contributed by atoms with Gasteiger partial charge in [0, 0.05) is 18.1 Å². The van der Waals surface area contributed by atoms with Crippen molar-refractivity contribution in [3.8, 4) is 0 Å². The van der Waals surface area contributed by atoms with E-state index in [1.165, 1.54) is 6.07 Å². The van der Waals surface area contributed by atoms with E-state index in [0.29, 0.717) is 6.54 Å². The molecule has 1 amide bonds. The van der Waals surface area contributed by atoms with Crippen molar-refractivity contribution in [1.82, 2.24) is 10.2 Å². The van der Waals surface area contributed by atoms with Crippen LogP contribution in [-0.2, 0) is 11.0 Å². The molecule has 0 aliphatic heterocycles. The molecule has 0 atom stereocenters. The molecule has 0 saturated carbocycles. The third-order valence-corrected chi connectivity index (χ3v) is 2.82. The lowest BCUT2D eigenvalue weighted by molar-refractivity contribution is -0.137. The molecule has 0 unspecified atom stereocenters. The number of hydrogen-bond donors (Lipinski definition) is 2. The number of hydrogen-bond acceptors (Lipinski definition) is 3. The van der Waals surface area contributed by atoms with Gasteiger partial charge in [0.05, 0.1) is 17.8 Å². The van der Waals surface area contributed by atoms with E-state index >= 15 is 0 Å². The average molecular weight is 324 g/mol. The standard InChI is InChI=1S/C13H17ClF3N3O/c1-20(2)6-5-18-8-12(21)19-11-4-3-9(14)7-10(11)13(15,16)17/h3-4,7,18H,5-6,8H2,1-2H3,(H,19,21). The zero-order valence-corrected chi connectivity index (χ0v) is 12.5. The molecule has 0 saturated heterocycles. The Balaban J connectivity index is 2.64. The van der Waals surface area contributed by atoms with Crippen molar-refractivity contribution >= 4 is 23.2 Å². The Morgan fingerprint density at radius 1 is 1.33 bits per heavy atom. The number of nitrogens with zero attached hydrogens (tertiary/aromatic N) is 1. The monoisotopic (exact) mass is 323 g/mol. The Bertz CT molecular complexity index is 492. The Labute approximate surface area is 126 Å². The number of carbonyl (C=O) groups excluding carboxylic acids is 1. The second kappa shape index (κ2) is 7.63. The predicted octanol–water partition coefficient (Wildman–Crippen LogP) is 2.45. The van der Waals surface area contributed by atoms with Gasteiger partial charge in [-0.15, -0.1) is 0 Å². The highest BCUT2D eigenvalue weighted by atomic mass is 35.5. The van der Waals surface area contributed by atoms with E-state index in [-0.39, 0.29) is 17.3 Å². The number of amides is 1. The number of rotatable bonds is 6. The maximum atomic E-state index is 12.8. The molecule has 0 aliphatic carbocycles. The van der Waals surface area contributed by atoms with E-state index in [1.54, 1.807) is 0 Å². The number of anilines is 1. The Morgan fingerprint density at radius 2 is 2.00 bits per heavy atom. The molecule has 118 valence electrons. The van der Waals surface area contributed by atoms with E-state index in [4.69, 9.17) is 11.6 Å². The molecule has 0 bridgehead atoms. The van der Waals surface area contributed by atoms with Crippen molar-refractivity contribution in [3.63, 3.8) is 0 Å². The van der Waals surface area contributed by atoms with Crippen LogP contribution in [0.15, 0.2) is 18.2 Å². The number of nitrogens with one attached hydrogen (secondary N) is 2. The van der Waals surface area contributed by atoms with Crippen molar-refractivity contribution in [2.24, 2.45) is 0 Å². The molecule has 1 aromatic carbocycles. The van der Waals surface area contributed by atoms with E-state index in [2.05, 4.69) is 10.6 Å². The molecule has 1 rings (SSSR count). The van der Waals surface area contributed by atoms with E-state index in [1.807, 2.05) is 19.0 Å². The topological polar surface area (TPSA) is 44.4 Å². The second-order valence-electron chi connectivity index (χ2n) is 4.72. The largest absolute Gasteiger partial charge is 0.418 e. The van der Waals surface area contributed by atoms with E-state index in [0.717, 1.165) is 18.7 Å². The van der Waals surface area contributed by atoms with Gasteiger partial charge in [-0.3, -0.25) is 4.79 Å². The van der Waals surface area contributed by atoms with Crippen molar-refractivity contribution in [1.29, 1.82) is 0 Å². The summed E-state index contributed by atoms with van der Waals surface area (Å²) in [7, 11) is 3.76. The van der Waals surface area contributed by atoms with Gasteiger partial charge in [-0.2, -0.15) is 13.2 Å². The number of benzene rings is 1. The third-order valence-electron chi connectivity index (χ3n) is 2.58. The highest BCUT2D eigenvalue weighted by Crippen LogP contribution is 2.36. The highest BCUT2D eigenvalue weighted by Gasteiger charge is 2.34. The summed E-state index contributed by atoms with van der Waals surface area (Å²) in [4.78, 5) is 13.6. The van der Waals surface area contributed by atoms with E-state index < -0.39 is 17.6 Å². The summed E-state index contributed by atoms with van der Waals surface area (Å²) < 4.78 is 38.5. The minimum atomic E-state index is -4.58. The van der Waals surface area contributed by atoms with Crippen LogP contribution in [0.25, 0.3) is 0 Å². The predicted molar refractivity (Wildman–Crippen MR) is 76.5 cm³/mol. The minimum Gasteiger partial charge on any atom is -0.324 e. The molecule has 0 heterocycles. The van der Waals surface area contributed by atoms with Gasteiger partial charge in [-0.25, -0.2) is 0 Å². The normalized spacial score (nSPS) is 11.8. The van der Waals surface area contributed by atoms with Crippen LogP contribution in [0.2, 0.25) is 5.02 Å². The zero-order chi connectivity index (χ0) is 16.0. The lowest BCUT2D eigenvalue weighted by Crippen LogP contribution is -2.33. The van der Waals surface area contributed by atoms with Crippen LogP contribution in [0.1, 0.15) is 5.56 Å². The SMILES string of the molecule is CN(C)CCNCC(=O)Nc1ccc(Cl)cc1C(F)(F)F. The summed E-state index contributed by atoms with van der Waals surface area (Å²) in [6, 6.07) is 3.23. The number of carbonyl (C=O) groups is 1. The zero-order valence-electron chi connectivity index (χ0n) is 11.7. The van der Waals surface area contributed by atoms with Crippen molar-refractivity contribution < 1.29 is 18.0 Å². The Morgan fingerprint density at radius 3 is 2.57 bits per heavy atom. The molecule has 0 radical (unpaired) electrons. The van der Waals surface area contributed by atoms with Crippen LogP contribution in [-0.4, -0.2) is 44.5 Å². The van der Waals surface area contributed by atoms with Gasteiger partial charge >= 0.3 is 6.18 Å². The summed E-state index contributed by atoms with van der Waals surface area (Å²) in [5, 5.41) is 5.05. The lowest BCUT2D eigenvalue weighted by atomic mass is 10.1. The molecule has 0 aromatic heterocycles. The van der Waals surface area contributed by atoms with Crippen LogP contribution < -0.4 is 10.6 Å². The number of halogens is 4. The van der Waals surface area contributed by atoms with Gasteiger partial charge in [0.2, 0.25) is 5.91 Å². The molecule has 21 heavy (non-hydrogen) atoms. The summed E-state index contributed by atoms with van der Waals surface area (Å²) in [6.07, 6.45) is -4.58. The molecule has 0 spiro atoms.